The molecule has 0 aliphatic heterocycles. The fraction of sp³-hybridized carbons (Fsp3) is 0.379. The number of alkyl carbamates (subject to hydrolysis) is 1. The summed E-state index contributed by atoms with van der Waals surface area (Å²) in [5, 5.41) is 2.58. The van der Waals surface area contributed by atoms with Crippen molar-refractivity contribution in [3.8, 4) is 22.4 Å². The van der Waals surface area contributed by atoms with Gasteiger partial charge in [-0.05, 0) is 43.0 Å². The Morgan fingerprint density at radius 1 is 1.00 bits per heavy atom. The van der Waals surface area contributed by atoms with Gasteiger partial charge >= 0.3 is 6.09 Å². The Morgan fingerprint density at radius 3 is 2.03 bits per heavy atom. The number of carbonyl (C=O) groups is 1. The van der Waals surface area contributed by atoms with Crippen LogP contribution in [0.15, 0.2) is 60.9 Å². The zero-order valence-corrected chi connectivity index (χ0v) is 23.9. The molecule has 0 radical (unpaired) electrons. The number of hydrogen-bond acceptors (Lipinski definition) is 6. The van der Waals surface area contributed by atoms with Crippen LogP contribution in [0, 0.1) is 0 Å². The fourth-order valence-corrected chi connectivity index (χ4v) is 4.81. The average molecular weight is 522 g/mol. The molecule has 0 spiro atoms. The van der Waals surface area contributed by atoms with E-state index in [1.165, 1.54) is 0 Å². The van der Waals surface area contributed by atoms with Crippen LogP contribution in [0.25, 0.3) is 28.1 Å². The van der Waals surface area contributed by atoms with Gasteiger partial charge in [0.25, 0.3) is 0 Å². The molecule has 1 unspecified atom stereocenters. The third kappa shape index (κ3) is 8.05. The van der Waals surface area contributed by atoms with E-state index in [0.717, 1.165) is 33.6 Å². The zero-order chi connectivity index (χ0) is 27.4. The van der Waals surface area contributed by atoms with Gasteiger partial charge in [-0.3, -0.25) is 0 Å². The number of hydrogen-bond donors (Lipinski definition) is 3. The highest BCUT2D eigenvalue weighted by molar-refractivity contribution is 8.00. The first-order chi connectivity index (χ1) is 17.3. The number of thioether (sulfide) groups is 1. The lowest BCUT2D eigenvalue weighted by Crippen LogP contribution is -2.35. The molecule has 0 bridgehead atoms. The maximum absolute atomic E-state index is 12.5. The van der Waals surface area contributed by atoms with Crippen LogP contribution >= 0.6 is 11.8 Å². The highest BCUT2D eigenvalue weighted by Gasteiger charge is 2.27. The summed E-state index contributed by atoms with van der Waals surface area (Å²) in [6.07, 6.45) is 2.95. The second-order valence-electron chi connectivity index (χ2n) is 11.0. The number of carbonyl (C=O) groups excluding carboxylic acids is 1. The normalized spacial score (nSPS) is 13.2. The molecule has 0 saturated heterocycles. The molecule has 0 saturated carbocycles. The maximum Gasteiger partial charge on any atom is 0.408 e. The molecule has 3 aromatic rings. The standard InChI is InChI=1S/C29H39N5O2S/c1-28(2,3)36-27(35)33-26(37-29(4,5)6)25-31-18-23(32-25)21-13-9-19(10-14-21)20-11-15-22(16-12-20)24(17-30)34(7)8/h9-18,26H,30H2,1-8H3,(H,31,32)(H,33,35)/b24-17-. The van der Waals surface area contributed by atoms with Crippen LogP contribution in [0.2, 0.25) is 0 Å². The Kier molecular flexibility index (Phi) is 8.64. The topological polar surface area (TPSA) is 96.3 Å². The van der Waals surface area contributed by atoms with Crippen molar-refractivity contribution in [3.05, 3.63) is 72.3 Å². The van der Waals surface area contributed by atoms with Crippen molar-refractivity contribution < 1.29 is 9.53 Å². The van der Waals surface area contributed by atoms with Crippen molar-refractivity contribution in [3.63, 3.8) is 0 Å². The van der Waals surface area contributed by atoms with Gasteiger partial charge in [-0.15, -0.1) is 11.8 Å². The van der Waals surface area contributed by atoms with Crippen LogP contribution in [0.3, 0.4) is 0 Å². The summed E-state index contributed by atoms with van der Waals surface area (Å²) in [5.74, 6) is 0.671. The Morgan fingerprint density at radius 2 is 1.54 bits per heavy atom. The van der Waals surface area contributed by atoms with Crippen LogP contribution < -0.4 is 11.1 Å². The minimum absolute atomic E-state index is 0.100. The van der Waals surface area contributed by atoms with Crippen molar-refractivity contribution >= 4 is 23.6 Å². The highest BCUT2D eigenvalue weighted by Crippen LogP contribution is 2.36. The van der Waals surface area contributed by atoms with E-state index in [4.69, 9.17) is 10.5 Å². The van der Waals surface area contributed by atoms with Gasteiger partial charge in [-0.25, -0.2) is 9.78 Å². The van der Waals surface area contributed by atoms with E-state index in [2.05, 4.69) is 84.6 Å². The van der Waals surface area contributed by atoms with Crippen LogP contribution in [-0.2, 0) is 4.74 Å². The highest BCUT2D eigenvalue weighted by atomic mass is 32.2. The first-order valence-electron chi connectivity index (χ1n) is 12.3. The molecule has 1 heterocycles. The second kappa shape index (κ2) is 11.3. The number of ether oxygens (including phenoxy) is 1. The lowest BCUT2D eigenvalue weighted by molar-refractivity contribution is 0.0520. The van der Waals surface area contributed by atoms with Crippen molar-refractivity contribution in [1.29, 1.82) is 0 Å². The Hall–Kier alpha value is -3.39. The number of aromatic amines is 1. The van der Waals surface area contributed by atoms with E-state index in [-0.39, 0.29) is 10.1 Å². The van der Waals surface area contributed by atoms with Gasteiger partial charge in [0.05, 0.1) is 17.6 Å². The Balaban J connectivity index is 1.78. The van der Waals surface area contributed by atoms with Gasteiger partial charge < -0.3 is 25.7 Å². The van der Waals surface area contributed by atoms with E-state index in [1.54, 1.807) is 24.2 Å². The van der Waals surface area contributed by atoms with Gasteiger partial charge in [0, 0.05) is 25.0 Å². The number of H-pyrrole nitrogens is 1. The summed E-state index contributed by atoms with van der Waals surface area (Å²) < 4.78 is 5.37. The molecule has 8 heteroatoms. The summed E-state index contributed by atoms with van der Waals surface area (Å²) in [7, 11) is 3.95. The van der Waals surface area contributed by atoms with E-state index in [0.29, 0.717) is 5.82 Å². The first kappa shape index (κ1) is 28.2. The zero-order valence-electron chi connectivity index (χ0n) is 23.0. The van der Waals surface area contributed by atoms with Crippen molar-refractivity contribution in [2.75, 3.05) is 14.1 Å². The van der Waals surface area contributed by atoms with E-state index in [1.807, 2.05) is 39.8 Å². The number of nitrogens with two attached hydrogens (primary N) is 1. The van der Waals surface area contributed by atoms with E-state index >= 15 is 0 Å². The predicted molar refractivity (Wildman–Crippen MR) is 155 cm³/mol. The molecule has 4 N–H and O–H groups in total. The van der Waals surface area contributed by atoms with Gasteiger partial charge in [-0.1, -0.05) is 69.3 Å². The SMILES string of the molecule is CN(C)/C(=C\N)c1ccc(-c2ccc(-c3cnc(C(NC(=O)OC(C)(C)C)SC(C)(C)C)[nH]3)cc2)cc1. The van der Waals surface area contributed by atoms with E-state index in [9.17, 15) is 4.79 Å². The fourth-order valence-electron chi connectivity index (χ4n) is 3.72. The molecule has 7 nitrogen and oxygen atoms in total. The number of imidazole rings is 1. The molecular weight excluding hydrogens is 482 g/mol. The number of nitrogens with one attached hydrogen (secondary N) is 2. The third-order valence-corrected chi connectivity index (χ3v) is 6.60. The molecular formula is C29H39N5O2S. The molecule has 1 aromatic heterocycles. The van der Waals surface area contributed by atoms with E-state index < -0.39 is 11.7 Å². The molecule has 1 amide bonds. The van der Waals surface area contributed by atoms with Gasteiger partial charge in [0.15, 0.2) is 0 Å². The monoisotopic (exact) mass is 521 g/mol. The molecule has 0 aliphatic rings. The minimum Gasteiger partial charge on any atom is -0.444 e. The van der Waals surface area contributed by atoms with Gasteiger partial charge in [0.1, 0.15) is 16.8 Å². The predicted octanol–water partition coefficient (Wildman–Crippen LogP) is 6.62. The number of nitrogens with zero attached hydrogens (tertiary/aromatic N) is 2. The smallest absolute Gasteiger partial charge is 0.408 e. The van der Waals surface area contributed by atoms with Crippen molar-refractivity contribution in [2.24, 2.45) is 5.73 Å². The molecule has 1 atom stereocenters. The first-order valence-corrected chi connectivity index (χ1v) is 13.2. The van der Waals surface area contributed by atoms with Gasteiger partial charge in [0.2, 0.25) is 0 Å². The molecule has 0 fully saturated rings. The number of aromatic nitrogens is 2. The molecule has 198 valence electrons. The Labute approximate surface area is 224 Å². The number of rotatable bonds is 7. The van der Waals surface area contributed by atoms with Crippen molar-refractivity contribution in [1.82, 2.24) is 20.2 Å². The lowest BCUT2D eigenvalue weighted by atomic mass is 10.0. The quantitative estimate of drug-likeness (QED) is 0.303. The Bertz CT molecular complexity index is 1220. The van der Waals surface area contributed by atoms with Crippen LogP contribution in [0.4, 0.5) is 4.79 Å². The number of benzene rings is 2. The van der Waals surface area contributed by atoms with Crippen LogP contribution in [0.1, 0.15) is 58.3 Å². The van der Waals surface area contributed by atoms with Crippen LogP contribution in [-0.4, -0.2) is 45.4 Å². The van der Waals surface area contributed by atoms with Crippen molar-refractivity contribution in [2.45, 2.75) is 57.3 Å². The molecule has 0 aliphatic carbocycles. The average Bonchev–Trinajstić information content (AvgIpc) is 3.28. The molecule has 3 rings (SSSR count). The molecule has 2 aromatic carbocycles. The summed E-state index contributed by atoms with van der Waals surface area (Å²) in [6, 6.07) is 16.7. The molecule has 37 heavy (non-hydrogen) atoms. The summed E-state index contributed by atoms with van der Waals surface area (Å²) in [6.45, 7) is 11.8. The minimum atomic E-state index is -0.576. The summed E-state index contributed by atoms with van der Waals surface area (Å²) in [4.78, 5) is 22.5. The van der Waals surface area contributed by atoms with Crippen LogP contribution in [0.5, 0.6) is 0 Å². The van der Waals surface area contributed by atoms with Gasteiger partial charge in [-0.2, -0.15) is 0 Å². The second-order valence-corrected chi connectivity index (χ2v) is 13.0. The number of amides is 1. The lowest BCUT2D eigenvalue weighted by Gasteiger charge is -2.27. The summed E-state index contributed by atoms with van der Waals surface area (Å²) >= 11 is 1.60. The third-order valence-electron chi connectivity index (χ3n) is 5.31. The maximum atomic E-state index is 12.5. The summed E-state index contributed by atoms with van der Waals surface area (Å²) in [5.41, 5.74) is 11.4. The largest absolute Gasteiger partial charge is 0.444 e.